The van der Waals surface area contributed by atoms with Gasteiger partial charge in [-0.15, -0.1) is 33.2 Å². The van der Waals surface area contributed by atoms with Crippen LogP contribution in [0.2, 0.25) is 6.04 Å². The summed E-state index contributed by atoms with van der Waals surface area (Å²) >= 11 is 17.0. The predicted molar refractivity (Wildman–Crippen MR) is 61.3 cm³/mol. The van der Waals surface area contributed by atoms with Crippen molar-refractivity contribution in [3.63, 3.8) is 0 Å². The first-order valence-electron chi connectivity index (χ1n) is 4.23. The van der Waals surface area contributed by atoms with Crippen LogP contribution in [0.25, 0.3) is 5.53 Å². The van der Waals surface area contributed by atoms with Gasteiger partial charge in [-0.2, -0.15) is 4.79 Å². The van der Waals surface area contributed by atoms with Gasteiger partial charge in [-0.25, -0.2) is 0 Å². The van der Waals surface area contributed by atoms with Gasteiger partial charge in [0.15, 0.2) is 0 Å². The van der Waals surface area contributed by atoms with Crippen LogP contribution in [0, 0.1) is 0 Å². The highest BCUT2D eigenvalue weighted by molar-refractivity contribution is 7.64. The Morgan fingerprint density at radius 1 is 1.29 bits per heavy atom. The van der Waals surface area contributed by atoms with Crippen LogP contribution in [-0.4, -0.2) is 22.8 Å². The summed E-state index contributed by atoms with van der Waals surface area (Å²) in [5.41, 5.74) is 8.05. The highest BCUT2D eigenvalue weighted by Gasteiger charge is 2.23. The van der Waals surface area contributed by atoms with Gasteiger partial charge in [-0.3, -0.25) is 4.79 Å². The van der Waals surface area contributed by atoms with Crippen LogP contribution in [0.1, 0.15) is 25.7 Å². The smallest absolute Gasteiger partial charge is 0.341 e. The largest absolute Gasteiger partial charge is 0.361 e. The highest BCUT2D eigenvalue weighted by atomic mass is 35.8. The highest BCUT2D eigenvalue weighted by Crippen LogP contribution is 2.27. The quantitative estimate of drug-likeness (QED) is 0.176. The topological polar surface area (TPSA) is 53.5 Å². The Hall–Kier alpha value is 0.137. The molecule has 14 heavy (non-hydrogen) atoms. The molecule has 0 N–H and O–H groups in total. The van der Waals surface area contributed by atoms with E-state index in [2.05, 4.69) is 4.79 Å². The molecule has 0 unspecified atom stereocenters. The fraction of sp³-hybridized carbons (Fsp3) is 0.714. The van der Waals surface area contributed by atoms with E-state index in [1.165, 1.54) is 0 Å². The number of hydrogen-bond donors (Lipinski definition) is 0. The maximum Gasteiger partial charge on any atom is 0.341 e. The third-order valence-corrected chi connectivity index (χ3v) is 4.21. The van der Waals surface area contributed by atoms with Crippen LogP contribution < -0.4 is 0 Å². The molecule has 0 saturated heterocycles. The molecule has 0 aliphatic carbocycles. The molecule has 0 aromatic rings. The van der Waals surface area contributed by atoms with Crippen LogP contribution in [-0.2, 0) is 4.79 Å². The standard InChI is InChI=1S/C7H11Cl3N2OSi/c8-14(9,10)5-3-1-2-4-7(13)6-12-11/h6H,1-5H2. The molecule has 7 heteroatoms. The first-order valence-corrected chi connectivity index (χ1v) is 9.47. The summed E-state index contributed by atoms with van der Waals surface area (Å²) in [5, 5.41) is 0. The molecule has 0 aromatic heterocycles. The summed E-state index contributed by atoms with van der Waals surface area (Å²) in [6.45, 7) is 0. The maximum atomic E-state index is 10.8. The third-order valence-electron chi connectivity index (χ3n) is 1.59. The van der Waals surface area contributed by atoms with E-state index >= 15 is 0 Å². The van der Waals surface area contributed by atoms with E-state index in [9.17, 15) is 4.79 Å². The van der Waals surface area contributed by atoms with E-state index in [1.54, 1.807) is 0 Å². The number of Topliss-reactive ketones (excluding diaryl/α,β-unsaturated/α-hetero) is 1. The Morgan fingerprint density at radius 3 is 2.43 bits per heavy atom. The summed E-state index contributed by atoms with van der Waals surface area (Å²) < 4.78 is 0. The molecule has 0 aliphatic rings. The number of ketones is 1. The normalized spacial score (nSPS) is 10.8. The van der Waals surface area contributed by atoms with Gasteiger partial charge >= 0.3 is 12.2 Å². The van der Waals surface area contributed by atoms with E-state index in [-0.39, 0.29) is 5.78 Å². The molecule has 80 valence electrons. The molecule has 0 aliphatic heterocycles. The molecule has 0 rings (SSSR count). The Morgan fingerprint density at radius 2 is 1.93 bits per heavy atom. The van der Waals surface area contributed by atoms with Crippen molar-refractivity contribution in [2.24, 2.45) is 0 Å². The molecular formula is C7H11Cl3N2OSi. The van der Waals surface area contributed by atoms with Gasteiger partial charge in [0.05, 0.1) is 0 Å². The minimum atomic E-state index is -2.48. The summed E-state index contributed by atoms with van der Waals surface area (Å²) in [5.74, 6) is -0.182. The third kappa shape index (κ3) is 10.2. The van der Waals surface area contributed by atoms with Crippen LogP contribution in [0.5, 0.6) is 0 Å². The lowest BCUT2D eigenvalue weighted by Crippen LogP contribution is -2.08. The van der Waals surface area contributed by atoms with Crippen molar-refractivity contribution >= 4 is 51.2 Å². The summed E-state index contributed by atoms with van der Waals surface area (Å²) in [6, 6.07) is -1.86. The van der Waals surface area contributed by atoms with Crippen molar-refractivity contribution in [2.45, 2.75) is 31.7 Å². The summed E-state index contributed by atoms with van der Waals surface area (Å²) in [4.78, 5) is 13.5. The average molecular weight is 274 g/mol. The lowest BCUT2D eigenvalue weighted by Gasteiger charge is -2.05. The molecule has 0 fully saturated rings. The number of halogens is 3. The number of unbranched alkanes of at least 4 members (excludes halogenated alkanes) is 2. The van der Waals surface area contributed by atoms with Gasteiger partial charge in [-0.1, -0.05) is 12.8 Å². The van der Waals surface area contributed by atoms with Gasteiger partial charge in [0.25, 0.3) is 0 Å². The van der Waals surface area contributed by atoms with Crippen molar-refractivity contribution in [1.82, 2.24) is 0 Å². The van der Waals surface area contributed by atoms with Crippen molar-refractivity contribution < 1.29 is 9.58 Å². The second-order valence-corrected chi connectivity index (χ2v) is 12.2. The number of carbonyl (C=O) groups excluding carboxylic acids is 1. The van der Waals surface area contributed by atoms with Gasteiger partial charge < -0.3 is 5.53 Å². The zero-order chi connectivity index (χ0) is 11.0. The second kappa shape index (κ2) is 7.43. The average Bonchev–Trinajstić information content (AvgIpc) is 2.02. The molecule has 0 spiro atoms. The zero-order valence-electron chi connectivity index (χ0n) is 7.55. The Kier molecular flexibility index (Phi) is 7.50. The summed E-state index contributed by atoms with van der Waals surface area (Å²) in [7, 11) is 0. The summed E-state index contributed by atoms with van der Waals surface area (Å²) in [6.07, 6.45) is 3.70. The first kappa shape index (κ1) is 14.1. The van der Waals surface area contributed by atoms with Crippen LogP contribution in [0.15, 0.2) is 0 Å². The Bertz CT molecular complexity index is 236. The van der Waals surface area contributed by atoms with Gasteiger partial charge in [0, 0.05) is 6.42 Å². The monoisotopic (exact) mass is 272 g/mol. The van der Waals surface area contributed by atoms with Gasteiger partial charge in [0.1, 0.15) is 0 Å². The Labute approximate surface area is 98.1 Å². The second-order valence-electron chi connectivity index (χ2n) is 2.89. The first-order chi connectivity index (χ1) is 6.45. The predicted octanol–water partition coefficient (Wildman–Crippen LogP) is 3.07. The minimum Gasteiger partial charge on any atom is -0.361 e. The fourth-order valence-electron chi connectivity index (χ4n) is 0.930. The molecule has 0 aromatic carbocycles. The van der Waals surface area contributed by atoms with Crippen LogP contribution >= 0.6 is 33.2 Å². The molecule has 0 amide bonds. The molecule has 0 saturated carbocycles. The molecule has 0 atom stereocenters. The molecule has 0 radical (unpaired) electrons. The number of rotatable bonds is 7. The van der Waals surface area contributed by atoms with Gasteiger partial charge in [0.2, 0.25) is 5.78 Å². The molecule has 0 bridgehead atoms. The van der Waals surface area contributed by atoms with E-state index in [0.29, 0.717) is 12.5 Å². The van der Waals surface area contributed by atoms with E-state index in [0.717, 1.165) is 25.5 Å². The maximum absolute atomic E-state index is 10.8. The van der Waals surface area contributed by atoms with Crippen molar-refractivity contribution in [1.29, 1.82) is 0 Å². The van der Waals surface area contributed by atoms with Crippen LogP contribution in [0.4, 0.5) is 0 Å². The number of hydrogen-bond acceptors (Lipinski definition) is 1. The lowest BCUT2D eigenvalue weighted by atomic mass is 10.1. The fourth-order valence-corrected chi connectivity index (χ4v) is 2.78. The van der Waals surface area contributed by atoms with E-state index in [4.69, 9.17) is 38.8 Å². The SMILES string of the molecule is [N-]=[N+]=CC(=O)CCCCC[Si](Cl)(Cl)Cl. The lowest BCUT2D eigenvalue weighted by molar-refractivity contribution is -0.116. The van der Waals surface area contributed by atoms with Gasteiger partial charge in [-0.05, 0) is 12.5 Å². The number of carbonyl (C=O) groups is 1. The molecular weight excluding hydrogens is 263 g/mol. The Balaban J connectivity index is 3.39. The van der Waals surface area contributed by atoms with Crippen molar-refractivity contribution in [3.8, 4) is 0 Å². The van der Waals surface area contributed by atoms with E-state index in [1.807, 2.05) is 0 Å². The number of nitrogens with zero attached hydrogens (tertiary/aromatic N) is 2. The molecule has 3 nitrogen and oxygen atoms in total. The minimum absolute atomic E-state index is 0.182. The van der Waals surface area contributed by atoms with Crippen molar-refractivity contribution in [3.05, 3.63) is 5.53 Å². The zero-order valence-corrected chi connectivity index (χ0v) is 10.8. The van der Waals surface area contributed by atoms with Crippen molar-refractivity contribution in [2.75, 3.05) is 0 Å². The van der Waals surface area contributed by atoms with Crippen LogP contribution in [0.3, 0.4) is 0 Å². The van der Waals surface area contributed by atoms with E-state index < -0.39 is 6.00 Å². The molecule has 0 heterocycles.